The third kappa shape index (κ3) is 4.16. The summed E-state index contributed by atoms with van der Waals surface area (Å²) in [7, 11) is 0. The maximum absolute atomic E-state index is 13.1. The number of esters is 1. The number of aliphatic hydroxyl groups is 2. The molecule has 0 saturated heterocycles. The average Bonchev–Trinajstić information content (AvgIpc) is 3.56. The van der Waals surface area contributed by atoms with E-state index >= 15 is 0 Å². The molecular formula is C33H54O4. The van der Waals surface area contributed by atoms with Crippen molar-refractivity contribution >= 4 is 5.97 Å². The van der Waals surface area contributed by atoms with Crippen molar-refractivity contribution in [2.75, 3.05) is 0 Å². The molecule has 13 unspecified atom stereocenters. The van der Waals surface area contributed by atoms with Crippen LogP contribution in [-0.4, -0.2) is 34.0 Å². The molecular weight excluding hydrogens is 460 g/mol. The lowest BCUT2D eigenvalue weighted by molar-refractivity contribution is -0.174. The number of hydrogen-bond acceptors (Lipinski definition) is 4. The fourth-order valence-corrected chi connectivity index (χ4v) is 12.0. The lowest BCUT2D eigenvalue weighted by Crippen LogP contribution is -2.58. The van der Waals surface area contributed by atoms with Gasteiger partial charge in [-0.2, -0.15) is 0 Å². The third-order valence-electron chi connectivity index (χ3n) is 14.1. The summed E-state index contributed by atoms with van der Waals surface area (Å²) < 4.78 is 6.29. The Balaban J connectivity index is 1.10. The quantitative estimate of drug-likeness (QED) is 0.378. The highest BCUT2D eigenvalue weighted by Gasteiger charge is 2.63. The monoisotopic (exact) mass is 514 g/mol. The summed E-state index contributed by atoms with van der Waals surface area (Å²) >= 11 is 0. The molecule has 0 spiro atoms. The molecule has 0 aromatic rings. The highest BCUT2D eigenvalue weighted by Crippen LogP contribution is 2.68. The smallest absolute Gasteiger partial charge is 0.306 e. The lowest BCUT2D eigenvalue weighted by Gasteiger charge is -2.62. The second-order valence-corrected chi connectivity index (χ2v) is 15.4. The normalized spacial score (nSPS) is 53.3. The van der Waals surface area contributed by atoms with E-state index in [1.165, 1.54) is 44.9 Å². The van der Waals surface area contributed by atoms with Crippen LogP contribution in [0.1, 0.15) is 124 Å². The molecule has 4 nitrogen and oxygen atoms in total. The van der Waals surface area contributed by atoms with E-state index in [0.29, 0.717) is 47.8 Å². The number of carbonyl (C=O) groups is 1. The number of rotatable bonds is 6. The maximum Gasteiger partial charge on any atom is 0.306 e. The number of ether oxygens (including phenoxy) is 1. The molecule has 6 fully saturated rings. The summed E-state index contributed by atoms with van der Waals surface area (Å²) in [5.41, 5.74) is 0.400. The second kappa shape index (κ2) is 9.50. The third-order valence-corrected chi connectivity index (χ3v) is 14.1. The van der Waals surface area contributed by atoms with E-state index in [1.807, 2.05) is 0 Å². The Bertz CT molecular complexity index is 872. The summed E-state index contributed by atoms with van der Waals surface area (Å²) in [6.45, 7) is 9.63. The van der Waals surface area contributed by atoms with Crippen molar-refractivity contribution in [3.63, 3.8) is 0 Å². The second-order valence-electron chi connectivity index (χ2n) is 15.4. The van der Waals surface area contributed by atoms with Crippen LogP contribution in [0.25, 0.3) is 0 Å². The van der Waals surface area contributed by atoms with Gasteiger partial charge in [0.2, 0.25) is 0 Å². The summed E-state index contributed by atoms with van der Waals surface area (Å²) in [4.78, 5) is 13.1. The number of hydrogen-bond donors (Lipinski definition) is 2. The molecule has 6 rings (SSSR count). The molecule has 210 valence electrons. The molecule has 0 heterocycles. The first kappa shape index (κ1) is 26.6. The highest BCUT2D eigenvalue weighted by atomic mass is 16.6. The Morgan fingerprint density at radius 2 is 1.68 bits per heavy atom. The first-order valence-electron chi connectivity index (χ1n) is 16.2. The van der Waals surface area contributed by atoms with Crippen molar-refractivity contribution in [2.24, 2.45) is 58.2 Å². The van der Waals surface area contributed by atoms with Crippen LogP contribution in [0, 0.1) is 58.2 Å². The maximum atomic E-state index is 13.1. The van der Waals surface area contributed by atoms with Crippen molar-refractivity contribution in [3.8, 4) is 0 Å². The molecule has 6 aliphatic rings. The van der Waals surface area contributed by atoms with Crippen LogP contribution in [0.5, 0.6) is 0 Å². The Morgan fingerprint density at radius 3 is 2.38 bits per heavy atom. The summed E-state index contributed by atoms with van der Waals surface area (Å²) in [5, 5.41) is 21.8. The zero-order valence-electron chi connectivity index (χ0n) is 24.1. The van der Waals surface area contributed by atoms with Crippen LogP contribution in [0.15, 0.2) is 0 Å². The minimum absolute atomic E-state index is 0.0470. The lowest BCUT2D eigenvalue weighted by atomic mass is 9.43. The van der Waals surface area contributed by atoms with Crippen molar-refractivity contribution in [3.05, 3.63) is 0 Å². The molecule has 6 saturated carbocycles. The minimum Gasteiger partial charge on any atom is -0.459 e. The first-order chi connectivity index (χ1) is 17.6. The van der Waals surface area contributed by atoms with Gasteiger partial charge in [-0.3, -0.25) is 4.79 Å². The first-order valence-corrected chi connectivity index (χ1v) is 16.2. The molecule has 0 aromatic carbocycles. The molecule has 37 heavy (non-hydrogen) atoms. The van der Waals surface area contributed by atoms with Crippen LogP contribution < -0.4 is 0 Å². The molecule has 6 aliphatic carbocycles. The number of aliphatic hydroxyl groups excluding tert-OH is 2. The van der Waals surface area contributed by atoms with Gasteiger partial charge in [0.25, 0.3) is 0 Å². The summed E-state index contributed by atoms with van der Waals surface area (Å²) in [6.07, 6.45) is 15.8. The molecule has 0 amide bonds. The van der Waals surface area contributed by atoms with Gasteiger partial charge in [-0.15, -0.1) is 0 Å². The van der Waals surface area contributed by atoms with Crippen LogP contribution >= 0.6 is 0 Å². The Morgan fingerprint density at radius 1 is 0.919 bits per heavy atom. The minimum atomic E-state index is -0.214. The van der Waals surface area contributed by atoms with Crippen LogP contribution in [-0.2, 0) is 9.53 Å². The van der Waals surface area contributed by atoms with E-state index < -0.39 is 0 Å². The Hall–Kier alpha value is -0.610. The van der Waals surface area contributed by atoms with Gasteiger partial charge >= 0.3 is 5.97 Å². The number of fused-ring (bicyclic) bond motifs is 7. The van der Waals surface area contributed by atoms with Gasteiger partial charge in [0.05, 0.1) is 12.2 Å². The van der Waals surface area contributed by atoms with E-state index in [4.69, 9.17) is 4.74 Å². The predicted octanol–water partition coefficient (Wildman–Crippen LogP) is 6.91. The highest BCUT2D eigenvalue weighted by molar-refractivity contribution is 5.70. The molecule has 4 heteroatoms. The Kier molecular flexibility index (Phi) is 6.83. The fourth-order valence-electron chi connectivity index (χ4n) is 12.0. The van der Waals surface area contributed by atoms with Crippen molar-refractivity contribution < 1.29 is 19.7 Å². The van der Waals surface area contributed by atoms with Crippen molar-refractivity contribution in [1.29, 1.82) is 0 Å². The zero-order valence-corrected chi connectivity index (χ0v) is 24.1. The van der Waals surface area contributed by atoms with E-state index in [-0.39, 0.29) is 34.6 Å². The van der Waals surface area contributed by atoms with Gasteiger partial charge < -0.3 is 14.9 Å². The predicted molar refractivity (Wildman–Crippen MR) is 146 cm³/mol. The van der Waals surface area contributed by atoms with Crippen LogP contribution in [0.2, 0.25) is 0 Å². The molecule has 2 bridgehead atoms. The van der Waals surface area contributed by atoms with Gasteiger partial charge in [0.1, 0.15) is 5.60 Å². The van der Waals surface area contributed by atoms with Gasteiger partial charge in [-0.1, -0.05) is 27.7 Å². The molecule has 0 aromatic heterocycles. The SMILES string of the molecule is CCC1(OC(=O)CCC(C)C2CCC3C4C(O)CC5CC(O)CCC5(C)C4CCC23C)CC2CCC1C2. The van der Waals surface area contributed by atoms with Gasteiger partial charge in [-0.25, -0.2) is 0 Å². The van der Waals surface area contributed by atoms with E-state index in [2.05, 4.69) is 27.7 Å². The van der Waals surface area contributed by atoms with Crippen molar-refractivity contribution in [2.45, 2.75) is 142 Å². The van der Waals surface area contributed by atoms with E-state index in [0.717, 1.165) is 50.9 Å². The molecule has 0 radical (unpaired) electrons. The summed E-state index contributed by atoms with van der Waals surface area (Å²) in [5.74, 6) is 4.68. The topological polar surface area (TPSA) is 66.8 Å². The van der Waals surface area contributed by atoms with Crippen LogP contribution in [0.3, 0.4) is 0 Å². The van der Waals surface area contributed by atoms with Crippen molar-refractivity contribution in [1.82, 2.24) is 0 Å². The zero-order chi connectivity index (χ0) is 26.2. The van der Waals surface area contributed by atoms with Crippen LogP contribution in [0.4, 0.5) is 0 Å². The van der Waals surface area contributed by atoms with Gasteiger partial charge in [0, 0.05) is 6.42 Å². The fraction of sp³-hybridized carbons (Fsp3) is 0.970. The van der Waals surface area contributed by atoms with E-state index in [9.17, 15) is 15.0 Å². The van der Waals surface area contributed by atoms with Gasteiger partial charge in [-0.05, 0) is 148 Å². The van der Waals surface area contributed by atoms with E-state index in [1.54, 1.807) is 0 Å². The molecule has 2 N–H and O–H groups in total. The largest absolute Gasteiger partial charge is 0.459 e. The summed E-state index contributed by atoms with van der Waals surface area (Å²) in [6, 6.07) is 0. The molecule has 13 atom stereocenters. The average molecular weight is 515 g/mol. The number of carbonyl (C=O) groups excluding carboxylic acids is 1. The Labute approximate surface area is 225 Å². The van der Waals surface area contributed by atoms with Gasteiger partial charge in [0.15, 0.2) is 0 Å². The standard InChI is InChI=1S/C33H54O4/c1-5-33(19-21-7-8-22(33)16-21)37-29(36)11-6-20(2)25-9-10-26-30-27(13-15-32(25,26)4)31(3)14-12-24(34)17-23(31)18-28(30)35/h20-28,30,34-35H,5-19H2,1-4H3. The molecule has 0 aliphatic heterocycles.